The number of benzene rings is 1. The molecule has 1 amide bonds. The van der Waals surface area contributed by atoms with Crippen molar-refractivity contribution in [3.05, 3.63) is 35.1 Å². The van der Waals surface area contributed by atoms with Gasteiger partial charge < -0.3 is 10.4 Å². The molecule has 0 aliphatic rings. The third-order valence-electron chi connectivity index (χ3n) is 2.99. The van der Waals surface area contributed by atoms with E-state index in [1.165, 1.54) is 6.07 Å². The Morgan fingerprint density at radius 2 is 2.24 bits per heavy atom. The maximum absolute atomic E-state index is 13.6. The molecule has 0 heterocycles. The summed E-state index contributed by atoms with van der Waals surface area (Å²) in [5, 5.41) is 11.3. The third kappa shape index (κ3) is 5.94. The van der Waals surface area contributed by atoms with E-state index in [9.17, 15) is 9.18 Å². The van der Waals surface area contributed by atoms with Gasteiger partial charge in [0.15, 0.2) is 0 Å². The van der Waals surface area contributed by atoms with Crippen LogP contribution in [0.3, 0.4) is 0 Å². The number of halogens is 1. The highest BCUT2D eigenvalue weighted by Crippen LogP contribution is 2.12. The van der Waals surface area contributed by atoms with Gasteiger partial charge in [-0.2, -0.15) is 0 Å². The summed E-state index contributed by atoms with van der Waals surface area (Å²) in [4.78, 5) is 13.4. The predicted molar refractivity (Wildman–Crippen MR) is 80.0 cm³/mol. The summed E-state index contributed by atoms with van der Waals surface area (Å²) in [6.45, 7) is 3.50. The smallest absolute Gasteiger partial charge is 0.233 e. The first-order valence-electron chi connectivity index (χ1n) is 6.91. The molecule has 0 spiro atoms. The second-order valence-corrected chi connectivity index (χ2v) is 4.57. The van der Waals surface area contributed by atoms with Gasteiger partial charge in [0.1, 0.15) is 5.82 Å². The van der Waals surface area contributed by atoms with E-state index in [1.807, 2.05) is 11.8 Å². The van der Waals surface area contributed by atoms with Crippen LogP contribution in [-0.2, 0) is 11.3 Å². The Kier molecular flexibility index (Phi) is 7.44. The van der Waals surface area contributed by atoms with Crippen LogP contribution in [0.15, 0.2) is 18.2 Å². The van der Waals surface area contributed by atoms with Gasteiger partial charge in [-0.15, -0.1) is 0 Å². The molecule has 5 heteroatoms. The lowest BCUT2D eigenvalue weighted by Crippen LogP contribution is -2.35. The first-order chi connectivity index (χ1) is 10.1. The largest absolute Gasteiger partial charge is 0.395 e. The fraction of sp³-hybridized carbons (Fsp3) is 0.438. The first kappa shape index (κ1) is 17.2. The van der Waals surface area contributed by atoms with Crippen LogP contribution in [0.4, 0.5) is 4.39 Å². The van der Waals surface area contributed by atoms with Crippen molar-refractivity contribution < 1.29 is 14.3 Å². The molecular weight excluding hydrogens is 271 g/mol. The molecular formula is C16H21FN2O2. The topological polar surface area (TPSA) is 52.6 Å². The van der Waals surface area contributed by atoms with Crippen molar-refractivity contribution in [1.82, 2.24) is 10.2 Å². The molecule has 21 heavy (non-hydrogen) atoms. The molecule has 0 radical (unpaired) electrons. The van der Waals surface area contributed by atoms with Crippen molar-refractivity contribution in [3.63, 3.8) is 0 Å². The van der Waals surface area contributed by atoms with E-state index in [4.69, 9.17) is 5.11 Å². The van der Waals surface area contributed by atoms with Crippen LogP contribution in [0.25, 0.3) is 0 Å². The highest BCUT2D eigenvalue weighted by atomic mass is 19.1. The fourth-order valence-electron chi connectivity index (χ4n) is 1.80. The van der Waals surface area contributed by atoms with E-state index in [0.29, 0.717) is 25.1 Å². The number of hydrogen-bond acceptors (Lipinski definition) is 3. The molecule has 0 atom stereocenters. The number of carbonyl (C=O) groups is 1. The third-order valence-corrected chi connectivity index (χ3v) is 2.99. The van der Waals surface area contributed by atoms with Gasteiger partial charge in [-0.3, -0.25) is 9.69 Å². The van der Waals surface area contributed by atoms with Gasteiger partial charge in [-0.25, -0.2) is 4.39 Å². The molecule has 4 nitrogen and oxygen atoms in total. The number of hydrogen-bond donors (Lipinski definition) is 2. The monoisotopic (exact) mass is 292 g/mol. The summed E-state index contributed by atoms with van der Waals surface area (Å²) < 4.78 is 13.6. The zero-order chi connectivity index (χ0) is 15.7. The quantitative estimate of drug-likeness (QED) is 0.773. The highest BCUT2D eigenvalue weighted by molar-refractivity contribution is 5.77. The van der Waals surface area contributed by atoms with Gasteiger partial charge in [-0.1, -0.05) is 24.8 Å². The fourth-order valence-corrected chi connectivity index (χ4v) is 1.80. The lowest BCUT2D eigenvalue weighted by molar-refractivity contribution is -0.121. The number of nitrogens with zero attached hydrogens (tertiary/aromatic N) is 1. The van der Waals surface area contributed by atoms with Crippen LogP contribution >= 0.6 is 0 Å². The average molecular weight is 292 g/mol. The zero-order valence-electron chi connectivity index (χ0n) is 12.4. The molecule has 0 aliphatic heterocycles. The van der Waals surface area contributed by atoms with Crippen LogP contribution < -0.4 is 5.32 Å². The molecule has 1 aromatic carbocycles. The van der Waals surface area contributed by atoms with Crippen molar-refractivity contribution in [2.24, 2.45) is 0 Å². The van der Waals surface area contributed by atoms with E-state index in [2.05, 4.69) is 17.2 Å². The molecule has 0 bridgehead atoms. The summed E-state index contributed by atoms with van der Waals surface area (Å²) in [6, 6.07) is 4.76. The van der Waals surface area contributed by atoms with Crippen LogP contribution in [0.2, 0.25) is 0 Å². The minimum atomic E-state index is -0.376. The number of rotatable bonds is 6. The highest BCUT2D eigenvalue weighted by Gasteiger charge is 2.09. The van der Waals surface area contributed by atoms with Crippen LogP contribution in [0, 0.1) is 17.7 Å². The summed E-state index contributed by atoms with van der Waals surface area (Å²) in [5.74, 6) is 4.99. The molecule has 0 saturated heterocycles. The molecule has 0 aliphatic carbocycles. The second-order valence-electron chi connectivity index (χ2n) is 4.57. The Hall–Kier alpha value is -1.90. The minimum Gasteiger partial charge on any atom is -0.395 e. The lowest BCUT2D eigenvalue weighted by Gasteiger charge is -2.19. The summed E-state index contributed by atoms with van der Waals surface area (Å²) >= 11 is 0. The molecule has 0 aromatic heterocycles. The van der Waals surface area contributed by atoms with E-state index in [0.717, 1.165) is 12.1 Å². The number of aliphatic hydroxyl groups is 1. The number of aliphatic hydroxyl groups excluding tert-OH is 1. The van der Waals surface area contributed by atoms with Gasteiger partial charge in [0.05, 0.1) is 18.7 Å². The Morgan fingerprint density at radius 1 is 1.48 bits per heavy atom. The van der Waals surface area contributed by atoms with Crippen molar-refractivity contribution in [2.75, 3.05) is 26.7 Å². The number of amides is 1. The molecule has 114 valence electrons. The Labute approximate surface area is 125 Å². The Morgan fingerprint density at radius 3 is 2.86 bits per heavy atom. The standard InChI is InChI=1S/C16H21FN2O2/c1-3-19(12-16(21)18-2)11-13-7-8-15(17)14(10-13)6-4-5-9-20/h7-8,10,20H,3,5,9,11-12H2,1-2H3,(H,18,21). The number of carbonyl (C=O) groups excluding carboxylic acids is 1. The predicted octanol–water partition coefficient (Wildman–Crippen LogP) is 1.13. The van der Waals surface area contributed by atoms with Gasteiger partial charge in [0.25, 0.3) is 0 Å². The second kappa shape index (κ2) is 9.11. The Bertz CT molecular complexity index is 535. The van der Waals surface area contributed by atoms with Crippen molar-refractivity contribution in [1.29, 1.82) is 0 Å². The summed E-state index contributed by atoms with van der Waals surface area (Å²) in [7, 11) is 1.60. The van der Waals surface area contributed by atoms with Gasteiger partial charge in [-0.05, 0) is 24.2 Å². The number of likely N-dealkylation sites (N-methyl/N-ethyl adjacent to an activating group) is 2. The van der Waals surface area contributed by atoms with E-state index in [1.54, 1.807) is 19.2 Å². The van der Waals surface area contributed by atoms with Gasteiger partial charge in [0, 0.05) is 20.0 Å². The first-order valence-corrected chi connectivity index (χ1v) is 6.91. The Balaban J connectivity index is 2.81. The van der Waals surface area contributed by atoms with E-state index in [-0.39, 0.29) is 18.3 Å². The van der Waals surface area contributed by atoms with E-state index >= 15 is 0 Å². The SMILES string of the molecule is CCN(CC(=O)NC)Cc1ccc(F)c(C#CCCO)c1. The molecule has 1 aromatic rings. The van der Waals surface area contributed by atoms with Crippen LogP contribution in [-0.4, -0.2) is 42.7 Å². The summed E-state index contributed by atoms with van der Waals surface area (Å²) in [6.07, 6.45) is 0.321. The van der Waals surface area contributed by atoms with Crippen molar-refractivity contribution in [2.45, 2.75) is 19.9 Å². The zero-order valence-corrected chi connectivity index (χ0v) is 12.4. The van der Waals surface area contributed by atoms with Crippen molar-refractivity contribution >= 4 is 5.91 Å². The minimum absolute atomic E-state index is 0.0376. The normalized spacial score (nSPS) is 10.1. The summed E-state index contributed by atoms with van der Waals surface area (Å²) in [5.41, 5.74) is 1.22. The van der Waals surface area contributed by atoms with E-state index < -0.39 is 0 Å². The number of nitrogens with one attached hydrogen (secondary N) is 1. The van der Waals surface area contributed by atoms with Gasteiger partial charge in [0.2, 0.25) is 5.91 Å². The molecule has 0 fully saturated rings. The molecule has 0 saturated carbocycles. The van der Waals surface area contributed by atoms with Crippen molar-refractivity contribution in [3.8, 4) is 11.8 Å². The lowest BCUT2D eigenvalue weighted by atomic mass is 10.1. The van der Waals surface area contributed by atoms with Crippen LogP contribution in [0.5, 0.6) is 0 Å². The molecule has 1 rings (SSSR count). The molecule has 2 N–H and O–H groups in total. The van der Waals surface area contributed by atoms with Gasteiger partial charge >= 0.3 is 0 Å². The average Bonchev–Trinajstić information content (AvgIpc) is 2.49. The molecule has 0 unspecified atom stereocenters. The maximum atomic E-state index is 13.6. The maximum Gasteiger partial charge on any atom is 0.233 e. The van der Waals surface area contributed by atoms with Crippen LogP contribution in [0.1, 0.15) is 24.5 Å².